The number of nitrogens with one attached hydrogen (secondary N) is 1. The Labute approximate surface area is 166 Å². The van der Waals surface area contributed by atoms with Crippen LogP contribution in [0, 0.1) is 0 Å². The number of hydrogen-bond donors (Lipinski definition) is 1. The Morgan fingerprint density at radius 1 is 1.04 bits per heavy atom. The van der Waals surface area contributed by atoms with Gasteiger partial charge in [0.25, 0.3) is 0 Å². The van der Waals surface area contributed by atoms with Crippen LogP contribution in [0.1, 0.15) is 36.2 Å². The molecular formula is C21H26N2O4S. The van der Waals surface area contributed by atoms with Crippen LogP contribution in [0.25, 0.3) is 0 Å². The van der Waals surface area contributed by atoms with Crippen molar-refractivity contribution in [1.82, 2.24) is 9.62 Å². The molecule has 2 rings (SSSR count). The van der Waals surface area contributed by atoms with E-state index in [0.717, 1.165) is 17.1 Å². The van der Waals surface area contributed by atoms with E-state index in [9.17, 15) is 18.0 Å². The molecule has 2 aromatic carbocycles. The first-order valence-corrected chi connectivity index (χ1v) is 10.5. The third kappa shape index (κ3) is 6.00. The summed E-state index contributed by atoms with van der Waals surface area (Å²) >= 11 is 0. The van der Waals surface area contributed by atoms with E-state index in [4.69, 9.17) is 0 Å². The molecule has 2 aromatic rings. The second-order valence-corrected chi connectivity index (χ2v) is 8.88. The quantitative estimate of drug-likeness (QED) is 0.654. The molecule has 0 aliphatic carbocycles. The molecule has 0 radical (unpaired) electrons. The zero-order valence-corrected chi connectivity index (χ0v) is 17.2. The average Bonchev–Trinajstić information content (AvgIpc) is 2.67. The Kier molecular flexibility index (Phi) is 7.48. The number of likely N-dealkylation sites (N-methyl/N-ethyl adjacent to an activating group) is 1. The highest BCUT2D eigenvalue weighted by Crippen LogP contribution is 2.15. The number of benzene rings is 2. The highest BCUT2D eigenvalue weighted by molar-refractivity contribution is 7.89. The van der Waals surface area contributed by atoms with Crippen molar-refractivity contribution in [2.45, 2.75) is 37.6 Å². The van der Waals surface area contributed by atoms with Crippen molar-refractivity contribution in [1.29, 1.82) is 0 Å². The Hall–Kier alpha value is -2.51. The van der Waals surface area contributed by atoms with Gasteiger partial charge in [0.1, 0.15) is 0 Å². The molecule has 0 saturated heterocycles. The number of carbonyl (C=O) groups excluding carboxylic acids is 2. The molecule has 1 N–H and O–H groups in total. The van der Waals surface area contributed by atoms with Crippen LogP contribution in [-0.2, 0) is 21.2 Å². The molecule has 1 amide bonds. The predicted octanol–water partition coefficient (Wildman–Crippen LogP) is 2.65. The molecule has 28 heavy (non-hydrogen) atoms. The van der Waals surface area contributed by atoms with Gasteiger partial charge in [-0.05, 0) is 44.4 Å². The standard InChI is InChI=1S/C21H26N2O4S/c1-16(9-10-18-7-5-4-6-8-18)22-21(25)15-23(3)28(26,27)20-13-11-19(12-14-20)17(2)24/h4-8,11-14,16H,9-10,15H2,1-3H3,(H,22,25). The van der Waals surface area contributed by atoms with Gasteiger partial charge in [-0.3, -0.25) is 9.59 Å². The lowest BCUT2D eigenvalue weighted by atomic mass is 10.1. The number of nitrogens with zero attached hydrogens (tertiary/aromatic N) is 1. The maximum absolute atomic E-state index is 12.6. The van der Waals surface area contributed by atoms with Gasteiger partial charge in [-0.15, -0.1) is 0 Å². The molecule has 0 aromatic heterocycles. The fourth-order valence-corrected chi connectivity index (χ4v) is 3.88. The Balaban J connectivity index is 1.90. The van der Waals surface area contributed by atoms with Crippen LogP contribution < -0.4 is 5.32 Å². The molecule has 0 aliphatic rings. The van der Waals surface area contributed by atoms with Crippen LogP contribution in [-0.4, -0.2) is 44.0 Å². The minimum absolute atomic E-state index is 0.0462. The van der Waals surface area contributed by atoms with Crippen molar-refractivity contribution in [3.8, 4) is 0 Å². The fraction of sp³-hybridized carbons (Fsp3) is 0.333. The molecule has 0 bridgehead atoms. The molecule has 1 atom stereocenters. The molecule has 150 valence electrons. The second-order valence-electron chi connectivity index (χ2n) is 6.83. The first kappa shape index (κ1) is 21.8. The predicted molar refractivity (Wildman–Crippen MR) is 109 cm³/mol. The van der Waals surface area contributed by atoms with Gasteiger partial charge in [-0.1, -0.05) is 42.5 Å². The van der Waals surface area contributed by atoms with Crippen molar-refractivity contribution in [2.24, 2.45) is 0 Å². The lowest BCUT2D eigenvalue weighted by molar-refractivity contribution is -0.121. The summed E-state index contributed by atoms with van der Waals surface area (Å²) in [7, 11) is -2.44. The Morgan fingerprint density at radius 3 is 2.21 bits per heavy atom. The minimum atomic E-state index is -3.81. The lowest BCUT2D eigenvalue weighted by Crippen LogP contribution is -2.41. The lowest BCUT2D eigenvalue weighted by Gasteiger charge is -2.19. The van der Waals surface area contributed by atoms with E-state index in [-0.39, 0.29) is 29.2 Å². The zero-order valence-electron chi connectivity index (χ0n) is 16.4. The summed E-state index contributed by atoms with van der Waals surface area (Å²) in [6.07, 6.45) is 1.59. The molecule has 0 spiro atoms. The molecule has 0 saturated carbocycles. The zero-order chi connectivity index (χ0) is 20.7. The number of amides is 1. The molecular weight excluding hydrogens is 376 g/mol. The van der Waals surface area contributed by atoms with E-state index in [1.165, 1.54) is 43.8 Å². The van der Waals surface area contributed by atoms with E-state index >= 15 is 0 Å². The maximum atomic E-state index is 12.6. The van der Waals surface area contributed by atoms with Crippen LogP contribution in [0.5, 0.6) is 0 Å². The number of Topliss-reactive ketones (excluding diaryl/α,β-unsaturated/α-hetero) is 1. The van der Waals surface area contributed by atoms with Crippen molar-refractivity contribution in [3.05, 3.63) is 65.7 Å². The molecule has 0 aliphatic heterocycles. The van der Waals surface area contributed by atoms with Crippen LogP contribution in [0.3, 0.4) is 0 Å². The minimum Gasteiger partial charge on any atom is -0.352 e. The molecule has 6 nitrogen and oxygen atoms in total. The monoisotopic (exact) mass is 402 g/mol. The summed E-state index contributed by atoms with van der Waals surface area (Å²) in [4.78, 5) is 23.6. The fourth-order valence-electron chi connectivity index (χ4n) is 2.75. The van der Waals surface area contributed by atoms with Crippen molar-refractivity contribution >= 4 is 21.7 Å². The number of aryl methyl sites for hydroxylation is 1. The molecule has 1 unspecified atom stereocenters. The van der Waals surface area contributed by atoms with Gasteiger partial charge < -0.3 is 5.32 Å². The number of hydrogen-bond acceptors (Lipinski definition) is 4. The summed E-state index contributed by atoms with van der Waals surface area (Å²) in [5, 5.41) is 2.84. The largest absolute Gasteiger partial charge is 0.352 e. The van der Waals surface area contributed by atoms with E-state index in [1.54, 1.807) is 0 Å². The molecule has 0 fully saturated rings. The van der Waals surface area contributed by atoms with Crippen LogP contribution in [0.4, 0.5) is 0 Å². The summed E-state index contributed by atoms with van der Waals surface area (Å²) < 4.78 is 26.2. The molecule has 0 heterocycles. The van der Waals surface area contributed by atoms with Crippen molar-refractivity contribution < 1.29 is 18.0 Å². The first-order chi connectivity index (χ1) is 13.2. The van der Waals surface area contributed by atoms with Gasteiger partial charge in [0.15, 0.2) is 5.78 Å². The Bertz CT molecular complexity index is 909. The highest BCUT2D eigenvalue weighted by Gasteiger charge is 2.23. The van der Waals surface area contributed by atoms with Crippen molar-refractivity contribution in [2.75, 3.05) is 13.6 Å². The molecule has 7 heteroatoms. The van der Waals surface area contributed by atoms with Gasteiger partial charge in [0, 0.05) is 18.7 Å². The van der Waals surface area contributed by atoms with E-state index in [2.05, 4.69) is 5.32 Å². The topological polar surface area (TPSA) is 83.6 Å². The van der Waals surface area contributed by atoms with E-state index in [1.807, 2.05) is 37.3 Å². The summed E-state index contributed by atoms with van der Waals surface area (Å²) in [6, 6.07) is 15.6. The third-order valence-corrected chi connectivity index (χ3v) is 6.27. The maximum Gasteiger partial charge on any atom is 0.243 e. The summed E-state index contributed by atoms with van der Waals surface area (Å²) in [6.45, 7) is 3.04. The van der Waals surface area contributed by atoms with E-state index in [0.29, 0.717) is 5.56 Å². The van der Waals surface area contributed by atoms with Crippen LogP contribution in [0.2, 0.25) is 0 Å². The number of rotatable bonds is 9. The van der Waals surface area contributed by atoms with Crippen LogP contribution in [0.15, 0.2) is 59.5 Å². The summed E-state index contributed by atoms with van der Waals surface area (Å²) in [5.74, 6) is -0.492. The Morgan fingerprint density at radius 2 is 1.64 bits per heavy atom. The van der Waals surface area contributed by atoms with Crippen molar-refractivity contribution in [3.63, 3.8) is 0 Å². The first-order valence-electron chi connectivity index (χ1n) is 9.11. The van der Waals surface area contributed by atoms with Gasteiger partial charge in [-0.2, -0.15) is 4.31 Å². The van der Waals surface area contributed by atoms with E-state index < -0.39 is 10.0 Å². The number of sulfonamides is 1. The smallest absolute Gasteiger partial charge is 0.243 e. The van der Waals surface area contributed by atoms with Gasteiger partial charge in [0.05, 0.1) is 11.4 Å². The normalized spacial score (nSPS) is 12.6. The second kappa shape index (κ2) is 9.61. The highest BCUT2D eigenvalue weighted by atomic mass is 32.2. The van der Waals surface area contributed by atoms with Gasteiger partial charge in [-0.25, -0.2) is 8.42 Å². The van der Waals surface area contributed by atoms with Gasteiger partial charge >= 0.3 is 0 Å². The average molecular weight is 403 g/mol. The van der Waals surface area contributed by atoms with Gasteiger partial charge in [0.2, 0.25) is 15.9 Å². The summed E-state index contributed by atoms with van der Waals surface area (Å²) in [5.41, 5.74) is 1.63. The number of carbonyl (C=O) groups is 2. The third-order valence-electron chi connectivity index (χ3n) is 4.45. The van der Waals surface area contributed by atoms with Crippen LogP contribution >= 0.6 is 0 Å². The number of ketones is 1. The SMILES string of the molecule is CC(=O)c1ccc(S(=O)(=O)N(C)CC(=O)NC(C)CCc2ccccc2)cc1.